The molecule has 1 fully saturated rings. The first-order chi connectivity index (χ1) is 12.8. The van der Waals surface area contributed by atoms with Gasteiger partial charge in [-0.15, -0.1) is 24.0 Å². The van der Waals surface area contributed by atoms with Crippen molar-refractivity contribution >= 4 is 35.8 Å². The number of likely N-dealkylation sites (tertiary alicyclic amines) is 1. The molecule has 1 aromatic carbocycles. The predicted octanol–water partition coefficient (Wildman–Crippen LogP) is 2.10. The highest BCUT2D eigenvalue weighted by Crippen LogP contribution is 2.22. The van der Waals surface area contributed by atoms with Crippen LogP contribution in [0.3, 0.4) is 0 Å². The number of aliphatic imine (C=N–C) groups is 1. The zero-order valence-electron chi connectivity index (χ0n) is 17.2. The summed E-state index contributed by atoms with van der Waals surface area (Å²) in [6.45, 7) is 7.04. The molecule has 0 aliphatic carbocycles. The van der Waals surface area contributed by atoms with Crippen molar-refractivity contribution in [1.82, 2.24) is 20.9 Å². The van der Waals surface area contributed by atoms with Crippen molar-refractivity contribution in [3.8, 4) is 0 Å². The van der Waals surface area contributed by atoms with E-state index in [9.17, 15) is 9.18 Å². The number of carbonyl (C=O) groups excluding carboxylic acids is 1. The maximum Gasteiger partial charge on any atom is 0.233 e. The smallest absolute Gasteiger partial charge is 0.233 e. The van der Waals surface area contributed by atoms with Gasteiger partial charge in [-0.1, -0.05) is 26.0 Å². The SMILES string of the molecule is CN=C(NCC(C)(C)c1cccc(F)c1)NC1CCN(CC(=O)NC)CC1.I. The lowest BCUT2D eigenvalue weighted by Crippen LogP contribution is -2.51. The first-order valence-corrected chi connectivity index (χ1v) is 9.50. The minimum atomic E-state index is -0.226. The minimum absolute atomic E-state index is 0. The summed E-state index contributed by atoms with van der Waals surface area (Å²) in [6, 6.07) is 7.06. The number of hydrogen-bond donors (Lipinski definition) is 3. The van der Waals surface area contributed by atoms with Crippen LogP contribution in [0.2, 0.25) is 0 Å². The van der Waals surface area contributed by atoms with Gasteiger partial charge in [-0.25, -0.2) is 4.39 Å². The minimum Gasteiger partial charge on any atom is -0.358 e. The van der Waals surface area contributed by atoms with Crippen LogP contribution in [0.1, 0.15) is 32.3 Å². The number of nitrogens with one attached hydrogen (secondary N) is 3. The summed E-state index contributed by atoms with van der Waals surface area (Å²) in [6.07, 6.45) is 1.93. The molecule has 2 rings (SSSR count). The molecule has 158 valence electrons. The molecular weight excluding hydrogens is 472 g/mol. The van der Waals surface area contributed by atoms with Gasteiger partial charge in [0, 0.05) is 45.2 Å². The van der Waals surface area contributed by atoms with Crippen LogP contribution in [0.15, 0.2) is 29.3 Å². The molecule has 28 heavy (non-hydrogen) atoms. The Morgan fingerprint density at radius 3 is 2.57 bits per heavy atom. The lowest BCUT2D eigenvalue weighted by molar-refractivity contribution is -0.122. The lowest BCUT2D eigenvalue weighted by atomic mass is 9.84. The number of piperidine rings is 1. The van der Waals surface area contributed by atoms with Crippen LogP contribution in [0, 0.1) is 5.82 Å². The lowest BCUT2D eigenvalue weighted by Gasteiger charge is -2.33. The Hall–Kier alpha value is -1.42. The molecule has 3 N–H and O–H groups in total. The number of benzene rings is 1. The Labute approximate surface area is 184 Å². The summed E-state index contributed by atoms with van der Waals surface area (Å²) >= 11 is 0. The molecule has 1 aliphatic rings. The van der Waals surface area contributed by atoms with Crippen molar-refractivity contribution in [2.75, 3.05) is 40.3 Å². The second-order valence-corrected chi connectivity index (χ2v) is 7.69. The molecule has 6 nitrogen and oxygen atoms in total. The molecule has 1 heterocycles. The second-order valence-electron chi connectivity index (χ2n) is 7.69. The van der Waals surface area contributed by atoms with Gasteiger partial charge in [0.25, 0.3) is 0 Å². The van der Waals surface area contributed by atoms with Gasteiger partial charge >= 0.3 is 0 Å². The number of guanidine groups is 1. The van der Waals surface area contributed by atoms with Crippen LogP contribution < -0.4 is 16.0 Å². The van der Waals surface area contributed by atoms with E-state index in [1.165, 1.54) is 6.07 Å². The maximum absolute atomic E-state index is 13.5. The number of carbonyl (C=O) groups is 1. The fourth-order valence-electron chi connectivity index (χ4n) is 3.22. The van der Waals surface area contributed by atoms with Gasteiger partial charge in [0.15, 0.2) is 5.96 Å². The average Bonchev–Trinajstić information content (AvgIpc) is 2.66. The Balaban J connectivity index is 0.00000392. The number of likely N-dealkylation sites (N-methyl/N-ethyl adjacent to an activating group) is 1. The van der Waals surface area contributed by atoms with Gasteiger partial charge in [-0.05, 0) is 30.5 Å². The van der Waals surface area contributed by atoms with Crippen molar-refractivity contribution in [3.63, 3.8) is 0 Å². The molecule has 0 radical (unpaired) electrons. The summed E-state index contributed by atoms with van der Waals surface area (Å²) < 4.78 is 13.5. The Morgan fingerprint density at radius 2 is 2.00 bits per heavy atom. The third-order valence-electron chi connectivity index (χ3n) is 5.10. The van der Waals surface area contributed by atoms with Crippen LogP contribution in [0.4, 0.5) is 4.39 Å². The van der Waals surface area contributed by atoms with E-state index in [1.807, 2.05) is 6.07 Å². The number of amides is 1. The van der Waals surface area contributed by atoms with Crippen molar-refractivity contribution in [1.29, 1.82) is 0 Å². The number of rotatable bonds is 6. The van der Waals surface area contributed by atoms with E-state index in [-0.39, 0.29) is 41.1 Å². The molecule has 0 spiro atoms. The fourth-order valence-corrected chi connectivity index (χ4v) is 3.22. The van der Waals surface area contributed by atoms with Gasteiger partial charge in [0.05, 0.1) is 6.54 Å². The zero-order chi connectivity index (χ0) is 19.9. The van der Waals surface area contributed by atoms with Crippen molar-refractivity contribution < 1.29 is 9.18 Å². The molecule has 0 atom stereocenters. The molecule has 1 amide bonds. The van der Waals surface area contributed by atoms with E-state index >= 15 is 0 Å². The first kappa shape index (κ1) is 24.6. The van der Waals surface area contributed by atoms with Gasteiger partial charge in [0.1, 0.15) is 5.82 Å². The van der Waals surface area contributed by atoms with Crippen LogP contribution in [-0.4, -0.2) is 63.1 Å². The topological polar surface area (TPSA) is 68.8 Å². The summed E-state index contributed by atoms with van der Waals surface area (Å²) in [7, 11) is 3.42. The number of halogens is 2. The van der Waals surface area contributed by atoms with E-state index in [4.69, 9.17) is 0 Å². The zero-order valence-corrected chi connectivity index (χ0v) is 19.5. The molecule has 0 bridgehead atoms. The first-order valence-electron chi connectivity index (χ1n) is 9.50. The number of nitrogens with zero attached hydrogens (tertiary/aromatic N) is 2. The maximum atomic E-state index is 13.5. The molecular formula is C20H33FIN5O. The molecule has 8 heteroatoms. The predicted molar refractivity (Wildman–Crippen MR) is 123 cm³/mol. The highest BCUT2D eigenvalue weighted by molar-refractivity contribution is 14.0. The van der Waals surface area contributed by atoms with Crippen molar-refractivity contribution in [2.45, 2.75) is 38.1 Å². The van der Waals surface area contributed by atoms with Gasteiger partial charge in [-0.3, -0.25) is 14.7 Å². The number of hydrogen-bond acceptors (Lipinski definition) is 3. The van der Waals surface area contributed by atoms with Crippen LogP contribution in [0.5, 0.6) is 0 Å². The summed E-state index contributed by atoms with van der Waals surface area (Å²) in [4.78, 5) is 18.0. The van der Waals surface area contributed by atoms with Gasteiger partial charge < -0.3 is 16.0 Å². The molecule has 1 saturated heterocycles. The van der Waals surface area contributed by atoms with Gasteiger partial charge in [0.2, 0.25) is 5.91 Å². The van der Waals surface area contributed by atoms with E-state index in [1.54, 1.807) is 26.2 Å². The summed E-state index contributed by atoms with van der Waals surface area (Å²) in [5.74, 6) is 0.592. The van der Waals surface area contributed by atoms with E-state index in [0.717, 1.165) is 37.5 Å². The Kier molecular flexibility index (Phi) is 10.2. The Bertz CT molecular complexity index is 660. The summed E-state index contributed by atoms with van der Waals surface area (Å²) in [5.41, 5.74) is 0.726. The highest BCUT2D eigenvalue weighted by atomic mass is 127. The normalized spacial score (nSPS) is 16.2. The third kappa shape index (κ3) is 7.54. The standard InChI is InChI=1S/C20H32FN5O.HI/c1-20(2,15-6-5-7-16(21)12-15)14-24-19(23-4)25-17-8-10-26(11-9-17)13-18(27)22-3;/h5-7,12,17H,8-11,13-14H2,1-4H3,(H,22,27)(H2,23,24,25);1H. The quantitative estimate of drug-likeness (QED) is 0.315. The molecule has 0 aromatic heterocycles. The monoisotopic (exact) mass is 505 g/mol. The van der Waals surface area contributed by atoms with Crippen LogP contribution in [-0.2, 0) is 10.2 Å². The molecule has 1 aromatic rings. The van der Waals surface area contributed by atoms with E-state index in [2.05, 4.69) is 39.7 Å². The fraction of sp³-hybridized carbons (Fsp3) is 0.600. The average molecular weight is 505 g/mol. The van der Waals surface area contributed by atoms with E-state index in [0.29, 0.717) is 19.1 Å². The van der Waals surface area contributed by atoms with Crippen LogP contribution in [0.25, 0.3) is 0 Å². The second kappa shape index (κ2) is 11.5. The highest BCUT2D eigenvalue weighted by Gasteiger charge is 2.24. The summed E-state index contributed by atoms with van der Waals surface area (Å²) in [5, 5.41) is 9.50. The van der Waals surface area contributed by atoms with Crippen molar-refractivity contribution in [3.05, 3.63) is 35.6 Å². The van der Waals surface area contributed by atoms with Crippen LogP contribution >= 0.6 is 24.0 Å². The van der Waals surface area contributed by atoms with Gasteiger partial charge in [-0.2, -0.15) is 0 Å². The molecule has 0 unspecified atom stereocenters. The molecule has 1 aliphatic heterocycles. The molecule has 0 saturated carbocycles. The Morgan fingerprint density at radius 1 is 1.32 bits per heavy atom. The largest absolute Gasteiger partial charge is 0.358 e. The van der Waals surface area contributed by atoms with E-state index < -0.39 is 0 Å². The third-order valence-corrected chi connectivity index (χ3v) is 5.10. The van der Waals surface area contributed by atoms with Crippen molar-refractivity contribution in [2.24, 2.45) is 4.99 Å².